The number of hydrogen-bond donors (Lipinski definition) is 0. The Kier molecular flexibility index (Phi) is 7.39. The summed E-state index contributed by atoms with van der Waals surface area (Å²) in [5.41, 5.74) is 16.4. The summed E-state index contributed by atoms with van der Waals surface area (Å²) < 4.78 is 0. The van der Waals surface area contributed by atoms with Gasteiger partial charge in [0.2, 0.25) is 0 Å². The molecule has 52 heavy (non-hydrogen) atoms. The summed E-state index contributed by atoms with van der Waals surface area (Å²) in [5, 5.41) is 2.48. The molecule has 8 aromatic carbocycles. The zero-order chi connectivity index (χ0) is 34.5. The van der Waals surface area contributed by atoms with Gasteiger partial charge >= 0.3 is 0 Å². The molecule has 0 aromatic heterocycles. The molecule has 0 heterocycles. The molecule has 1 nitrogen and oxygen atoms in total. The number of rotatable bonds is 6. The van der Waals surface area contributed by atoms with E-state index in [0.29, 0.717) is 0 Å². The summed E-state index contributed by atoms with van der Waals surface area (Å²) in [5.74, 6) is 0. The number of hydrogen-bond acceptors (Lipinski definition) is 1. The van der Waals surface area contributed by atoms with Crippen molar-refractivity contribution >= 4 is 27.8 Å². The van der Waals surface area contributed by atoms with E-state index in [2.05, 4.69) is 193 Å². The summed E-state index contributed by atoms with van der Waals surface area (Å²) in [6.45, 7) is 0. The molecule has 0 saturated heterocycles. The highest BCUT2D eigenvalue weighted by atomic mass is 15.1. The third-order valence-corrected chi connectivity index (χ3v) is 11.5. The van der Waals surface area contributed by atoms with Crippen molar-refractivity contribution in [3.8, 4) is 22.3 Å². The van der Waals surface area contributed by atoms with Crippen molar-refractivity contribution in [3.63, 3.8) is 0 Å². The smallest absolute Gasteiger partial charge is 0.0714 e. The Morgan fingerprint density at radius 3 is 1.79 bits per heavy atom. The standard InChI is InChI=1S/C51H39N/c1-4-21-39(22-5-1)51(40-23-6-2-7-24-40)48-30-15-14-28-45(48)46-34-47(44-29-16-20-37-18-12-13-27-43(37)44)50(35-49(46)51)52(41-25-8-3-9-26-41)42-32-31-36-17-10-11-19-38(36)33-42/h1-11,14-17,19-26,28-35H,12-13,18,27H2. The molecule has 1 heteroatoms. The molecule has 0 spiro atoms. The second-order valence-electron chi connectivity index (χ2n) is 14.3. The van der Waals surface area contributed by atoms with Gasteiger partial charge < -0.3 is 4.90 Å². The monoisotopic (exact) mass is 665 g/mol. The highest BCUT2D eigenvalue weighted by molar-refractivity contribution is 5.98. The Hall–Kier alpha value is -6.18. The summed E-state index contributed by atoms with van der Waals surface area (Å²) in [6.07, 6.45) is 4.73. The van der Waals surface area contributed by atoms with Crippen molar-refractivity contribution in [1.82, 2.24) is 0 Å². The van der Waals surface area contributed by atoms with Gasteiger partial charge in [0.25, 0.3) is 0 Å². The number of benzene rings is 8. The van der Waals surface area contributed by atoms with E-state index >= 15 is 0 Å². The summed E-state index contributed by atoms with van der Waals surface area (Å²) in [4.78, 5) is 2.51. The minimum absolute atomic E-state index is 0.496. The predicted octanol–water partition coefficient (Wildman–Crippen LogP) is 13.2. The second-order valence-corrected chi connectivity index (χ2v) is 14.3. The predicted molar refractivity (Wildman–Crippen MR) is 218 cm³/mol. The first-order valence-corrected chi connectivity index (χ1v) is 18.7. The van der Waals surface area contributed by atoms with E-state index in [1.165, 1.54) is 84.9 Å². The molecule has 0 amide bonds. The van der Waals surface area contributed by atoms with Crippen LogP contribution in [0.3, 0.4) is 0 Å². The SMILES string of the molecule is c1ccc(N(c2ccc3ccccc3c2)c2cc3c(cc2-c2cccc4c2CCCC4)-c2ccccc2C3(c2ccccc2)c2ccccc2)cc1. The molecule has 0 fully saturated rings. The molecule has 248 valence electrons. The van der Waals surface area contributed by atoms with Crippen LogP contribution in [0.1, 0.15) is 46.2 Å². The van der Waals surface area contributed by atoms with Crippen LogP contribution >= 0.6 is 0 Å². The lowest BCUT2D eigenvalue weighted by molar-refractivity contribution is 0.687. The molecule has 2 aliphatic rings. The van der Waals surface area contributed by atoms with E-state index in [-0.39, 0.29) is 0 Å². The Labute approximate surface area is 306 Å². The first-order chi connectivity index (χ1) is 25.8. The van der Waals surface area contributed by atoms with Crippen LogP contribution in [0.2, 0.25) is 0 Å². The Morgan fingerprint density at radius 1 is 0.385 bits per heavy atom. The highest BCUT2D eigenvalue weighted by Crippen LogP contribution is 2.59. The molecule has 0 radical (unpaired) electrons. The van der Waals surface area contributed by atoms with Crippen molar-refractivity contribution in [2.75, 3.05) is 4.90 Å². The molecule has 0 N–H and O–H groups in total. The quantitative estimate of drug-likeness (QED) is 0.171. The molecule has 10 rings (SSSR count). The van der Waals surface area contributed by atoms with E-state index < -0.39 is 5.41 Å². The fourth-order valence-corrected chi connectivity index (χ4v) is 9.23. The van der Waals surface area contributed by atoms with Crippen molar-refractivity contribution in [2.24, 2.45) is 0 Å². The highest BCUT2D eigenvalue weighted by Gasteiger charge is 2.47. The van der Waals surface area contributed by atoms with Crippen LogP contribution in [-0.2, 0) is 18.3 Å². The average Bonchev–Trinajstić information content (AvgIpc) is 3.51. The number of nitrogens with zero attached hydrogens (tertiary/aromatic N) is 1. The van der Waals surface area contributed by atoms with Crippen LogP contribution in [0.4, 0.5) is 17.1 Å². The van der Waals surface area contributed by atoms with Crippen LogP contribution in [-0.4, -0.2) is 0 Å². The lowest BCUT2D eigenvalue weighted by Gasteiger charge is -2.36. The van der Waals surface area contributed by atoms with Crippen LogP contribution in [0.15, 0.2) is 188 Å². The van der Waals surface area contributed by atoms with Gasteiger partial charge in [-0.05, 0) is 123 Å². The normalized spacial score (nSPS) is 14.0. The van der Waals surface area contributed by atoms with Gasteiger partial charge in [0.15, 0.2) is 0 Å². The molecular formula is C51H39N. The van der Waals surface area contributed by atoms with Crippen molar-refractivity contribution in [1.29, 1.82) is 0 Å². The maximum absolute atomic E-state index is 2.55. The summed E-state index contributed by atoms with van der Waals surface area (Å²) in [7, 11) is 0. The maximum Gasteiger partial charge on any atom is 0.0714 e. The first kappa shape index (κ1) is 30.6. The molecule has 8 aromatic rings. The molecule has 0 saturated carbocycles. The minimum Gasteiger partial charge on any atom is -0.310 e. The lowest BCUT2D eigenvalue weighted by atomic mass is 9.67. The molecule has 0 bridgehead atoms. The third kappa shape index (κ3) is 4.77. The van der Waals surface area contributed by atoms with Crippen LogP contribution in [0, 0.1) is 0 Å². The maximum atomic E-state index is 2.55. The van der Waals surface area contributed by atoms with Gasteiger partial charge in [-0.3, -0.25) is 0 Å². The van der Waals surface area contributed by atoms with Crippen LogP contribution in [0.5, 0.6) is 0 Å². The third-order valence-electron chi connectivity index (χ3n) is 11.5. The van der Waals surface area contributed by atoms with Crippen LogP contribution in [0.25, 0.3) is 33.0 Å². The van der Waals surface area contributed by atoms with Crippen molar-refractivity contribution in [2.45, 2.75) is 31.1 Å². The van der Waals surface area contributed by atoms with Gasteiger partial charge in [0.1, 0.15) is 0 Å². The van der Waals surface area contributed by atoms with Crippen molar-refractivity contribution in [3.05, 3.63) is 221 Å². The Bertz CT molecular complexity index is 2530. The minimum atomic E-state index is -0.496. The zero-order valence-corrected chi connectivity index (χ0v) is 29.2. The van der Waals surface area contributed by atoms with Crippen molar-refractivity contribution < 1.29 is 0 Å². The summed E-state index contributed by atoms with van der Waals surface area (Å²) in [6, 6.07) is 70.1. The fourth-order valence-electron chi connectivity index (χ4n) is 9.23. The van der Waals surface area contributed by atoms with Gasteiger partial charge in [-0.15, -0.1) is 0 Å². The molecular weight excluding hydrogens is 627 g/mol. The molecule has 2 aliphatic carbocycles. The van der Waals surface area contributed by atoms with Gasteiger partial charge in [0.05, 0.1) is 11.1 Å². The van der Waals surface area contributed by atoms with Gasteiger partial charge in [0, 0.05) is 16.9 Å². The zero-order valence-electron chi connectivity index (χ0n) is 29.2. The summed E-state index contributed by atoms with van der Waals surface area (Å²) >= 11 is 0. The van der Waals surface area contributed by atoms with Gasteiger partial charge in [-0.25, -0.2) is 0 Å². The van der Waals surface area contributed by atoms with Crippen LogP contribution < -0.4 is 4.90 Å². The van der Waals surface area contributed by atoms with Gasteiger partial charge in [-0.1, -0.05) is 152 Å². The van der Waals surface area contributed by atoms with E-state index in [1.807, 2.05) is 0 Å². The Morgan fingerprint density at radius 2 is 1.02 bits per heavy atom. The lowest BCUT2D eigenvalue weighted by Crippen LogP contribution is -2.28. The van der Waals surface area contributed by atoms with E-state index in [0.717, 1.165) is 24.2 Å². The van der Waals surface area contributed by atoms with E-state index in [9.17, 15) is 0 Å². The van der Waals surface area contributed by atoms with E-state index in [1.54, 1.807) is 0 Å². The number of para-hydroxylation sites is 1. The molecule has 0 unspecified atom stereocenters. The molecule has 0 atom stereocenters. The topological polar surface area (TPSA) is 3.24 Å². The largest absolute Gasteiger partial charge is 0.310 e. The number of anilines is 3. The fraction of sp³-hybridized carbons (Fsp3) is 0.0980. The number of aryl methyl sites for hydroxylation is 1. The second kappa shape index (κ2) is 12.5. The first-order valence-electron chi connectivity index (χ1n) is 18.7. The molecule has 0 aliphatic heterocycles. The Balaban J connectivity index is 1.35. The average molecular weight is 666 g/mol. The van der Waals surface area contributed by atoms with Gasteiger partial charge in [-0.2, -0.15) is 0 Å². The van der Waals surface area contributed by atoms with E-state index in [4.69, 9.17) is 0 Å². The number of fused-ring (bicyclic) bond motifs is 5.